The van der Waals surface area contributed by atoms with Crippen LogP contribution in [0.1, 0.15) is 5.56 Å². The Labute approximate surface area is 150 Å². The Morgan fingerprint density at radius 3 is 2.08 bits per heavy atom. The van der Waals surface area contributed by atoms with Gasteiger partial charge in [0.15, 0.2) is 0 Å². The van der Waals surface area contributed by atoms with E-state index in [9.17, 15) is 4.79 Å². The molecule has 0 aromatic heterocycles. The molecule has 25 heavy (non-hydrogen) atoms. The lowest BCUT2D eigenvalue weighted by Crippen LogP contribution is -2.42. The van der Waals surface area contributed by atoms with Crippen molar-refractivity contribution in [1.29, 1.82) is 0 Å². The Bertz CT molecular complexity index is 697. The monoisotopic (exact) mass is 332 g/mol. The molecule has 2 rings (SSSR count). The number of carbonyl (C=O) groups is 1. The molecule has 0 aliphatic rings. The number of nitrogens with one attached hydrogen (secondary N) is 1. The molecule has 128 valence electrons. The van der Waals surface area contributed by atoms with Crippen LogP contribution in [0, 0.1) is 0 Å². The number of rotatable bonds is 9. The Hall–Kier alpha value is -3.07. The lowest BCUT2D eigenvalue weighted by Gasteiger charge is -2.25. The molecule has 2 aromatic carbocycles. The molecule has 0 spiro atoms. The van der Waals surface area contributed by atoms with Gasteiger partial charge in [0.05, 0.1) is 0 Å². The van der Waals surface area contributed by atoms with Gasteiger partial charge >= 0.3 is 0 Å². The van der Waals surface area contributed by atoms with Gasteiger partial charge in [0.2, 0.25) is 5.91 Å². The van der Waals surface area contributed by atoms with E-state index in [-0.39, 0.29) is 5.91 Å². The van der Waals surface area contributed by atoms with Crippen LogP contribution < -0.4 is 5.32 Å². The standard InChI is InChI=1S/C22H24N2O/c1-3-17-24(18-4-2)22(25)21(23-20-13-9-6-10-14-20)16-15-19-11-7-5-8-12-19/h3-16,21,23H,1-2,17-18H2/b16-15+. The quantitative estimate of drug-likeness (QED) is 0.691. The van der Waals surface area contributed by atoms with E-state index in [1.165, 1.54) is 0 Å². The molecule has 0 aliphatic heterocycles. The van der Waals surface area contributed by atoms with Crippen molar-refractivity contribution in [3.05, 3.63) is 97.6 Å². The van der Waals surface area contributed by atoms with Gasteiger partial charge in [-0.1, -0.05) is 72.8 Å². The Morgan fingerprint density at radius 2 is 1.52 bits per heavy atom. The third-order valence-electron chi connectivity index (χ3n) is 3.65. The van der Waals surface area contributed by atoms with E-state index in [4.69, 9.17) is 0 Å². The predicted octanol–water partition coefficient (Wildman–Crippen LogP) is 4.38. The number of anilines is 1. The van der Waals surface area contributed by atoms with Crippen molar-refractivity contribution in [2.45, 2.75) is 6.04 Å². The van der Waals surface area contributed by atoms with Crippen molar-refractivity contribution in [3.63, 3.8) is 0 Å². The van der Waals surface area contributed by atoms with E-state index in [0.29, 0.717) is 13.1 Å². The van der Waals surface area contributed by atoms with Gasteiger partial charge < -0.3 is 10.2 Å². The maximum atomic E-state index is 13.0. The third-order valence-corrected chi connectivity index (χ3v) is 3.65. The average molecular weight is 332 g/mol. The minimum absolute atomic E-state index is 0.0177. The minimum atomic E-state index is -0.470. The highest BCUT2D eigenvalue weighted by atomic mass is 16.2. The van der Waals surface area contributed by atoms with Crippen LogP contribution in [0.15, 0.2) is 92.0 Å². The summed E-state index contributed by atoms with van der Waals surface area (Å²) >= 11 is 0. The average Bonchev–Trinajstić information content (AvgIpc) is 2.66. The SMILES string of the molecule is C=CCN(CC=C)C(=O)C(/C=C/c1ccccc1)Nc1ccccc1. The molecule has 3 heteroatoms. The summed E-state index contributed by atoms with van der Waals surface area (Å²) < 4.78 is 0. The molecule has 0 bridgehead atoms. The second-order valence-corrected chi connectivity index (χ2v) is 5.58. The lowest BCUT2D eigenvalue weighted by molar-refractivity contribution is -0.129. The van der Waals surface area contributed by atoms with Crippen molar-refractivity contribution in [3.8, 4) is 0 Å². The number of para-hydroxylation sites is 1. The summed E-state index contributed by atoms with van der Waals surface area (Å²) in [7, 11) is 0. The molecular weight excluding hydrogens is 308 g/mol. The molecular formula is C22H24N2O. The second kappa shape index (κ2) is 9.93. The zero-order valence-electron chi connectivity index (χ0n) is 14.3. The van der Waals surface area contributed by atoms with Gasteiger partial charge in [-0.2, -0.15) is 0 Å². The molecule has 1 unspecified atom stereocenters. The number of benzene rings is 2. The Balaban J connectivity index is 2.23. The van der Waals surface area contributed by atoms with Crippen molar-refractivity contribution in [2.24, 2.45) is 0 Å². The van der Waals surface area contributed by atoms with Crippen molar-refractivity contribution >= 4 is 17.7 Å². The summed E-state index contributed by atoms with van der Waals surface area (Å²) in [6, 6.07) is 19.2. The van der Waals surface area contributed by atoms with Gasteiger partial charge in [0, 0.05) is 18.8 Å². The topological polar surface area (TPSA) is 32.3 Å². The first-order chi connectivity index (χ1) is 12.2. The van der Waals surface area contributed by atoms with E-state index in [2.05, 4.69) is 18.5 Å². The smallest absolute Gasteiger partial charge is 0.249 e. The molecule has 0 saturated carbocycles. The van der Waals surface area contributed by atoms with Crippen LogP contribution in [-0.2, 0) is 4.79 Å². The molecule has 0 fully saturated rings. The van der Waals surface area contributed by atoms with Crippen molar-refractivity contribution in [2.75, 3.05) is 18.4 Å². The molecule has 0 radical (unpaired) electrons. The number of hydrogen-bond donors (Lipinski definition) is 1. The molecule has 0 heterocycles. The number of amides is 1. The largest absolute Gasteiger partial charge is 0.371 e. The highest BCUT2D eigenvalue weighted by Gasteiger charge is 2.20. The first kappa shape index (κ1) is 18.3. The van der Waals surface area contributed by atoms with Crippen LogP contribution in [0.5, 0.6) is 0 Å². The molecule has 1 N–H and O–H groups in total. The number of nitrogens with zero attached hydrogens (tertiary/aromatic N) is 1. The van der Waals surface area contributed by atoms with E-state index < -0.39 is 6.04 Å². The predicted molar refractivity (Wildman–Crippen MR) is 106 cm³/mol. The van der Waals surface area contributed by atoms with Crippen molar-refractivity contribution in [1.82, 2.24) is 4.90 Å². The summed E-state index contributed by atoms with van der Waals surface area (Å²) in [6.45, 7) is 8.44. The molecule has 3 nitrogen and oxygen atoms in total. The molecule has 2 aromatic rings. The maximum absolute atomic E-state index is 13.0. The van der Waals surface area contributed by atoms with Crippen molar-refractivity contribution < 1.29 is 4.79 Å². The maximum Gasteiger partial charge on any atom is 0.249 e. The minimum Gasteiger partial charge on any atom is -0.371 e. The van der Waals surface area contributed by atoms with Gasteiger partial charge in [-0.15, -0.1) is 13.2 Å². The molecule has 1 atom stereocenters. The van der Waals surface area contributed by atoms with Gasteiger partial charge in [-0.3, -0.25) is 4.79 Å². The summed E-state index contributed by atoms with van der Waals surface area (Å²) in [5.41, 5.74) is 1.95. The van der Waals surface area contributed by atoms with Gasteiger partial charge in [-0.25, -0.2) is 0 Å². The third kappa shape index (κ3) is 5.81. The summed E-state index contributed by atoms with van der Waals surface area (Å²) in [5, 5.41) is 3.30. The van der Waals surface area contributed by atoms with Gasteiger partial charge in [0.25, 0.3) is 0 Å². The number of carbonyl (C=O) groups excluding carboxylic acids is 1. The zero-order valence-corrected chi connectivity index (χ0v) is 14.3. The highest BCUT2D eigenvalue weighted by molar-refractivity contribution is 5.88. The molecule has 0 saturated heterocycles. The fourth-order valence-corrected chi connectivity index (χ4v) is 2.44. The van der Waals surface area contributed by atoms with Gasteiger partial charge in [0.1, 0.15) is 6.04 Å². The van der Waals surface area contributed by atoms with E-state index in [0.717, 1.165) is 11.3 Å². The first-order valence-electron chi connectivity index (χ1n) is 8.30. The normalized spacial score (nSPS) is 11.7. The van der Waals surface area contributed by atoms with E-state index in [1.807, 2.05) is 72.8 Å². The van der Waals surface area contributed by atoms with Crippen LogP contribution in [0.2, 0.25) is 0 Å². The van der Waals surface area contributed by atoms with Crippen LogP contribution in [0.3, 0.4) is 0 Å². The van der Waals surface area contributed by atoms with E-state index >= 15 is 0 Å². The molecule has 0 aliphatic carbocycles. The van der Waals surface area contributed by atoms with Crippen LogP contribution >= 0.6 is 0 Å². The summed E-state index contributed by atoms with van der Waals surface area (Å²) in [6.07, 6.45) is 7.30. The second-order valence-electron chi connectivity index (χ2n) is 5.58. The number of hydrogen-bond acceptors (Lipinski definition) is 2. The van der Waals surface area contributed by atoms with Gasteiger partial charge in [-0.05, 0) is 17.7 Å². The molecule has 1 amide bonds. The van der Waals surface area contributed by atoms with Crippen LogP contribution in [0.4, 0.5) is 5.69 Å². The zero-order chi connectivity index (χ0) is 17.9. The van der Waals surface area contributed by atoms with Crippen LogP contribution in [-0.4, -0.2) is 29.9 Å². The lowest BCUT2D eigenvalue weighted by atomic mass is 10.1. The fourth-order valence-electron chi connectivity index (χ4n) is 2.44. The fraction of sp³-hybridized carbons (Fsp3) is 0.136. The summed E-state index contributed by atoms with van der Waals surface area (Å²) in [4.78, 5) is 14.7. The first-order valence-corrected chi connectivity index (χ1v) is 8.30. The Morgan fingerprint density at radius 1 is 0.960 bits per heavy atom. The van der Waals surface area contributed by atoms with Crippen LogP contribution in [0.25, 0.3) is 6.08 Å². The summed E-state index contributed by atoms with van der Waals surface area (Å²) in [5.74, 6) is -0.0177. The van der Waals surface area contributed by atoms with E-state index in [1.54, 1.807) is 17.1 Å². The Kier molecular flexibility index (Phi) is 7.26. The highest BCUT2D eigenvalue weighted by Crippen LogP contribution is 2.12.